The first kappa shape index (κ1) is 16.8. The second-order valence-electron chi connectivity index (χ2n) is 6.96. The maximum atomic E-state index is 11.0. The minimum absolute atomic E-state index is 0.0819. The van der Waals surface area contributed by atoms with Crippen molar-refractivity contribution in [3.05, 3.63) is 34.6 Å². The molecule has 2 aliphatic rings. The normalized spacial score (nSPS) is 23.8. The molecule has 0 spiro atoms. The Kier molecular flexibility index (Phi) is 3.87. The van der Waals surface area contributed by atoms with E-state index in [-0.39, 0.29) is 17.2 Å². The molecule has 0 aromatic carbocycles. The van der Waals surface area contributed by atoms with E-state index < -0.39 is 5.97 Å². The summed E-state index contributed by atoms with van der Waals surface area (Å²) in [6, 6.07) is 3.38. The first-order chi connectivity index (χ1) is 12.4. The van der Waals surface area contributed by atoms with Crippen molar-refractivity contribution in [2.45, 2.75) is 31.9 Å². The molecule has 2 aromatic heterocycles. The third-order valence-electron chi connectivity index (χ3n) is 4.93. The van der Waals surface area contributed by atoms with Gasteiger partial charge in [-0.25, -0.2) is 9.78 Å². The van der Waals surface area contributed by atoms with Crippen LogP contribution in [0.3, 0.4) is 0 Å². The highest BCUT2D eigenvalue weighted by Gasteiger charge is 2.46. The number of carboxylic acid groups (broad SMARTS) is 1. The highest BCUT2D eigenvalue weighted by molar-refractivity contribution is 6.29. The number of nitrogens with one attached hydrogen (secondary N) is 1. The zero-order valence-electron chi connectivity index (χ0n) is 14.4. The van der Waals surface area contributed by atoms with E-state index in [0.29, 0.717) is 29.0 Å². The van der Waals surface area contributed by atoms with Gasteiger partial charge in [0.25, 0.3) is 0 Å². The van der Waals surface area contributed by atoms with Gasteiger partial charge in [-0.05, 0) is 19.9 Å². The summed E-state index contributed by atoms with van der Waals surface area (Å²) in [5, 5.41) is 20.7. The molecule has 26 heavy (non-hydrogen) atoms. The molecule has 2 aliphatic heterocycles. The van der Waals surface area contributed by atoms with Gasteiger partial charge in [0.2, 0.25) is 5.88 Å². The number of hydrogen-bond donors (Lipinski definition) is 2. The molecule has 1 saturated heterocycles. The number of ether oxygens (including phenoxy) is 1. The van der Waals surface area contributed by atoms with Crippen molar-refractivity contribution in [3.8, 4) is 5.88 Å². The maximum absolute atomic E-state index is 11.0. The summed E-state index contributed by atoms with van der Waals surface area (Å²) in [4.78, 5) is 17.5. The molecule has 4 heterocycles. The van der Waals surface area contributed by atoms with E-state index in [1.54, 1.807) is 13.0 Å². The molecular formula is C17H18ClN5O3. The number of aryl methyl sites for hydroxylation is 1. The predicted octanol–water partition coefficient (Wildman–Crippen LogP) is 2.37. The number of halogens is 1. The van der Waals surface area contributed by atoms with E-state index in [4.69, 9.17) is 21.4 Å². The highest BCUT2D eigenvalue weighted by atomic mass is 35.5. The lowest BCUT2D eigenvalue weighted by atomic mass is 9.96. The molecule has 1 fully saturated rings. The second kappa shape index (κ2) is 5.98. The number of pyridine rings is 1. The molecule has 4 rings (SSSR count). The van der Waals surface area contributed by atoms with E-state index in [0.717, 1.165) is 18.7 Å². The van der Waals surface area contributed by atoms with Crippen LogP contribution in [0.15, 0.2) is 18.3 Å². The number of fused-ring (bicyclic) bond motifs is 3. The molecule has 0 unspecified atom stereocenters. The summed E-state index contributed by atoms with van der Waals surface area (Å²) in [5.41, 5.74) is 1.62. The van der Waals surface area contributed by atoms with Crippen LogP contribution in [-0.2, 0) is 0 Å². The summed E-state index contributed by atoms with van der Waals surface area (Å²) < 4.78 is 6.10. The molecule has 0 aliphatic carbocycles. The number of aromatic nitrogens is 3. The first-order valence-corrected chi connectivity index (χ1v) is 8.65. The van der Waals surface area contributed by atoms with E-state index in [2.05, 4.69) is 32.3 Å². The quantitative estimate of drug-likeness (QED) is 0.843. The number of hydrogen-bond acceptors (Lipinski definition) is 7. The van der Waals surface area contributed by atoms with Crippen molar-refractivity contribution >= 4 is 29.1 Å². The van der Waals surface area contributed by atoms with Crippen LogP contribution < -0.4 is 15.0 Å². The minimum Gasteiger partial charge on any atom is -0.478 e. The Morgan fingerprint density at radius 1 is 1.46 bits per heavy atom. The Labute approximate surface area is 155 Å². The number of rotatable bonds is 3. The summed E-state index contributed by atoms with van der Waals surface area (Å²) in [6.07, 6.45) is 2.03. The fourth-order valence-corrected chi connectivity index (χ4v) is 3.79. The lowest BCUT2D eigenvalue weighted by Gasteiger charge is -2.41. The van der Waals surface area contributed by atoms with Crippen molar-refractivity contribution in [2.24, 2.45) is 0 Å². The van der Waals surface area contributed by atoms with Crippen LogP contribution >= 0.6 is 11.6 Å². The van der Waals surface area contributed by atoms with Gasteiger partial charge in [0.15, 0.2) is 11.0 Å². The molecule has 0 amide bonds. The minimum atomic E-state index is -1.00. The van der Waals surface area contributed by atoms with Crippen molar-refractivity contribution in [1.82, 2.24) is 15.2 Å². The van der Waals surface area contributed by atoms with E-state index >= 15 is 0 Å². The molecule has 2 N–H and O–H groups in total. The van der Waals surface area contributed by atoms with Crippen molar-refractivity contribution < 1.29 is 14.6 Å². The van der Waals surface area contributed by atoms with Gasteiger partial charge in [0, 0.05) is 30.8 Å². The highest BCUT2D eigenvalue weighted by Crippen LogP contribution is 2.42. The van der Waals surface area contributed by atoms with Gasteiger partial charge < -0.3 is 20.1 Å². The van der Waals surface area contributed by atoms with Crippen LogP contribution in [0, 0.1) is 6.92 Å². The standard InChI is InChI=1S/C17H18ClN5O3/c1-9-3-10(16(24)25)6-19-15(9)26-11-5-17(2)8-20-14-12(23(17)7-11)4-13(18)21-22-14/h3-4,6,11H,5,7-8H2,1-2H3,(H,20,22)(H,24,25)/t11-,17+/m1/s1. The molecule has 2 atom stereocenters. The summed E-state index contributed by atoms with van der Waals surface area (Å²) in [5.74, 6) is 0.175. The number of aromatic carboxylic acids is 1. The van der Waals surface area contributed by atoms with Gasteiger partial charge in [-0.3, -0.25) is 0 Å². The topological polar surface area (TPSA) is 100 Å². The fourth-order valence-electron chi connectivity index (χ4n) is 3.65. The zero-order chi connectivity index (χ0) is 18.5. The van der Waals surface area contributed by atoms with Crippen LogP contribution in [0.2, 0.25) is 5.15 Å². The van der Waals surface area contributed by atoms with Crippen LogP contribution in [-0.4, -0.2) is 51.0 Å². The Morgan fingerprint density at radius 2 is 2.27 bits per heavy atom. The van der Waals surface area contributed by atoms with Crippen molar-refractivity contribution in [2.75, 3.05) is 23.3 Å². The maximum Gasteiger partial charge on any atom is 0.337 e. The molecule has 0 bridgehead atoms. The Bertz CT molecular complexity index is 893. The summed E-state index contributed by atoms with van der Waals surface area (Å²) >= 11 is 6.02. The third kappa shape index (κ3) is 2.80. The van der Waals surface area contributed by atoms with Gasteiger partial charge in [0.1, 0.15) is 6.10 Å². The SMILES string of the molecule is Cc1cc(C(=O)O)cnc1O[C@H]1CN2c3cc(Cl)nnc3NC[C@]2(C)C1. The van der Waals surface area contributed by atoms with Gasteiger partial charge in [-0.15, -0.1) is 10.2 Å². The predicted molar refractivity (Wildman–Crippen MR) is 96.2 cm³/mol. The molecule has 8 nitrogen and oxygen atoms in total. The van der Waals surface area contributed by atoms with Crippen molar-refractivity contribution in [1.29, 1.82) is 0 Å². The molecule has 0 radical (unpaired) electrons. The number of nitrogens with zero attached hydrogens (tertiary/aromatic N) is 4. The first-order valence-electron chi connectivity index (χ1n) is 8.27. The molecule has 9 heteroatoms. The van der Waals surface area contributed by atoms with Gasteiger partial charge >= 0.3 is 5.97 Å². The molecule has 2 aromatic rings. The third-order valence-corrected chi connectivity index (χ3v) is 5.12. The summed E-state index contributed by atoms with van der Waals surface area (Å²) in [6.45, 7) is 5.34. The van der Waals surface area contributed by atoms with E-state index in [9.17, 15) is 4.79 Å². The molecular weight excluding hydrogens is 358 g/mol. The fraction of sp³-hybridized carbons (Fsp3) is 0.412. The Morgan fingerprint density at radius 3 is 3.00 bits per heavy atom. The Balaban J connectivity index is 1.57. The number of carbonyl (C=O) groups is 1. The lowest BCUT2D eigenvalue weighted by molar-refractivity contribution is 0.0696. The van der Waals surface area contributed by atoms with Gasteiger partial charge in [-0.1, -0.05) is 11.6 Å². The van der Waals surface area contributed by atoms with Crippen molar-refractivity contribution in [3.63, 3.8) is 0 Å². The lowest BCUT2D eigenvalue weighted by Crippen LogP contribution is -2.50. The average Bonchev–Trinajstić information content (AvgIpc) is 2.93. The van der Waals surface area contributed by atoms with E-state index in [1.807, 2.05) is 6.07 Å². The monoisotopic (exact) mass is 375 g/mol. The van der Waals surface area contributed by atoms with Crippen LogP contribution in [0.1, 0.15) is 29.3 Å². The zero-order valence-corrected chi connectivity index (χ0v) is 15.1. The van der Waals surface area contributed by atoms with Gasteiger partial charge in [0.05, 0.1) is 23.3 Å². The summed E-state index contributed by atoms with van der Waals surface area (Å²) in [7, 11) is 0. The smallest absolute Gasteiger partial charge is 0.337 e. The molecule has 136 valence electrons. The number of anilines is 2. The van der Waals surface area contributed by atoms with Crippen LogP contribution in [0.5, 0.6) is 5.88 Å². The largest absolute Gasteiger partial charge is 0.478 e. The van der Waals surface area contributed by atoms with Crippen LogP contribution in [0.25, 0.3) is 0 Å². The second-order valence-corrected chi connectivity index (χ2v) is 7.34. The van der Waals surface area contributed by atoms with Crippen LogP contribution in [0.4, 0.5) is 11.5 Å². The number of carboxylic acids is 1. The van der Waals surface area contributed by atoms with Gasteiger partial charge in [-0.2, -0.15) is 0 Å². The Hall–Kier alpha value is -2.61. The average molecular weight is 376 g/mol. The molecule has 0 saturated carbocycles. The van der Waals surface area contributed by atoms with E-state index in [1.165, 1.54) is 6.20 Å².